The molecule has 8 heteroatoms. The Morgan fingerprint density at radius 3 is 2.85 bits per heavy atom. The highest BCUT2D eigenvalue weighted by Crippen LogP contribution is 2.13. The van der Waals surface area contributed by atoms with Crippen molar-refractivity contribution in [2.75, 3.05) is 5.32 Å². The third-order valence-corrected chi connectivity index (χ3v) is 2.54. The number of hydrogen-bond donors (Lipinski definition) is 2. The standard InChI is InChI=1S/C12H13N5O3/c18-11(5-2-6-12(19)20)14-9-3-1-4-10(7-9)17-8-13-15-16-17/h1,3-4,7-8H,2,5-6H2,(H,14,18)(H,19,20). The van der Waals surface area contributed by atoms with Gasteiger partial charge in [0, 0.05) is 18.5 Å². The number of nitrogens with zero attached hydrogens (tertiary/aromatic N) is 4. The molecule has 2 rings (SSSR count). The average Bonchev–Trinajstić information content (AvgIpc) is 2.92. The van der Waals surface area contributed by atoms with Crippen molar-refractivity contribution in [2.45, 2.75) is 19.3 Å². The zero-order valence-electron chi connectivity index (χ0n) is 10.6. The number of aromatic nitrogens is 4. The summed E-state index contributed by atoms with van der Waals surface area (Å²) in [4.78, 5) is 22.0. The molecule has 1 amide bonds. The first kappa shape index (κ1) is 13.7. The van der Waals surface area contributed by atoms with Gasteiger partial charge in [-0.05, 0) is 35.0 Å². The number of carboxylic acids is 1. The van der Waals surface area contributed by atoms with Gasteiger partial charge in [0.15, 0.2) is 0 Å². The van der Waals surface area contributed by atoms with E-state index in [2.05, 4.69) is 20.8 Å². The lowest BCUT2D eigenvalue weighted by Gasteiger charge is -2.06. The van der Waals surface area contributed by atoms with Crippen molar-refractivity contribution in [3.05, 3.63) is 30.6 Å². The fourth-order valence-electron chi connectivity index (χ4n) is 1.63. The summed E-state index contributed by atoms with van der Waals surface area (Å²) in [5.74, 6) is -1.13. The zero-order valence-corrected chi connectivity index (χ0v) is 10.6. The van der Waals surface area contributed by atoms with Crippen molar-refractivity contribution in [3.63, 3.8) is 0 Å². The molecule has 104 valence electrons. The van der Waals surface area contributed by atoms with Crippen LogP contribution in [0, 0.1) is 0 Å². The van der Waals surface area contributed by atoms with Crippen LogP contribution in [0.3, 0.4) is 0 Å². The van der Waals surface area contributed by atoms with Crippen molar-refractivity contribution in [3.8, 4) is 5.69 Å². The topological polar surface area (TPSA) is 110 Å². The number of carbonyl (C=O) groups excluding carboxylic acids is 1. The van der Waals surface area contributed by atoms with E-state index in [9.17, 15) is 9.59 Å². The number of aliphatic carboxylic acids is 1. The maximum Gasteiger partial charge on any atom is 0.303 e. The molecular weight excluding hydrogens is 262 g/mol. The molecule has 0 unspecified atom stereocenters. The van der Waals surface area contributed by atoms with Gasteiger partial charge >= 0.3 is 5.97 Å². The molecule has 0 spiro atoms. The molecule has 0 fully saturated rings. The Morgan fingerprint density at radius 2 is 2.15 bits per heavy atom. The van der Waals surface area contributed by atoms with Crippen LogP contribution in [0.25, 0.3) is 5.69 Å². The van der Waals surface area contributed by atoms with Crippen LogP contribution in [0.15, 0.2) is 30.6 Å². The first-order valence-electron chi connectivity index (χ1n) is 6.00. The van der Waals surface area contributed by atoms with Crippen LogP contribution < -0.4 is 5.32 Å². The minimum atomic E-state index is -0.904. The van der Waals surface area contributed by atoms with E-state index in [0.717, 1.165) is 5.69 Å². The second kappa shape index (κ2) is 6.41. The number of carbonyl (C=O) groups is 2. The Balaban J connectivity index is 1.94. The summed E-state index contributed by atoms with van der Waals surface area (Å²) in [5.41, 5.74) is 1.33. The number of rotatable bonds is 6. The van der Waals surface area contributed by atoms with Crippen molar-refractivity contribution in [1.29, 1.82) is 0 Å². The van der Waals surface area contributed by atoms with Gasteiger partial charge in [-0.2, -0.15) is 0 Å². The van der Waals surface area contributed by atoms with Crippen LogP contribution in [-0.2, 0) is 9.59 Å². The predicted molar refractivity (Wildman–Crippen MR) is 69.3 cm³/mol. The van der Waals surface area contributed by atoms with Gasteiger partial charge in [-0.1, -0.05) is 6.07 Å². The van der Waals surface area contributed by atoms with E-state index < -0.39 is 5.97 Å². The number of nitrogens with one attached hydrogen (secondary N) is 1. The Bertz CT molecular complexity index is 597. The molecule has 8 nitrogen and oxygen atoms in total. The lowest BCUT2D eigenvalue weighted by atomic mass is 10.2. The van der Waals surface area contributed by atoms with Crippen LogP contribution in [0.1, 0.15) is 19.3 Å². The van der Waals surface area contributed by atoms with E-state index in [4.69, 9.17) is 5.11 Å². The monoisotopic (exact) mass is 275 g/mol. The fraction of sp³-hybridized carbons (Fsp3) is 0.250. The molecule has 0 aliphatic rings. The third-order valence-electron chi connectivity index (χ3n) is 2.54. The smallest absolute Gasteiger partial charge is 0.303 e. The largest absolute Gasteiger partial charge is 0.481 e. The molecule has 0 atom stereocenters. The van der Waals surface area contributed by atoms with Gasteiger partial charge < -0.3 is 10.4 Å². The van der Waals surface area contributed by atoms with E-state index in [0.29, 0.717) is 12.1 Å². The molecule has 0 aliphatic carbocycles. The summed E-state index contributed by atoms with van der Waals surface area (Å²) in [5, 5.41) is 22.0. The lowest BCUT2D eigenvalue weighted by molar-refractivity contribution is -0.137. The molecule has 0 bridgehead atoms. The molecule has 1 aromatic heterocycles. The van der Waals surface area contributed by atoms with Crippen molar-refractivity contribution >= 4 is 17.6 Å². The number of benzene rings is 1. The summed E-state index contributed by atoms with van der Waals surface area (Å²) < 4.78 is 1.47. The molecule has 20 heavy (non-hydrogen) atoms. The van der Waals surface area contributed by atoms with Gasteiger partial charge in [0.05, 0.1) is 5.69 Å². The fourth-order valence-corrected chi connectivity index (χ4v) is 1.63. The molecular formula is C12H13N5O3. The van der Waals surface area contributed by atoms with Crippen molar-refractivity contribution < 1.29 is 14.7 Å². The minimum absolute atomic E-state index is 0.0158. The Hall–Kier alpha value is -2.77. The van der Waals surface area contributed by atoms with Crippen molar-refractivity contribution in [2.24, 2.45) is 0 Å². The lowest BCUT2D eigenvalue weighted by Crippen LogP contribution is -2.12. The van der Waals surface area contributed by atoms with E-state index in [1.54, 1.807) is 24.3 Å². The van der Waals surface area contributed by atoms with Crippen LogP contribution in [0.2, 0.25) is 0 Å². The van der Waals surface area contributed by atoms with Gasteiger partial charge in [0.25, 0.3) is 0 Å². The summed E-state index contributed by atoms with van der Waals surface area (Å²) in [6.45, 7) is 0. The van der Waals surface area contributed by atoms with Gasteiger partial charge in [-0.15, -0.1) is 5.10 Å². The number of anilines is 1. The van der Waals surface area contributed by atoms with Crippen molar-refractivity contribution in [1.82, 2.24) is 20.2 Å². The van der Waals surface area contributed by atoms with E-state index >= 15 is 0 Å². The summed E-state index contributed by atoms with van der Waals surface area (Å²) >= 11 is 0. The van der Waals surface area contributed by atoms with E-state index in [1.807, 2.05) is 0 Å². The quantitative estimate of drug-likeness (QED) is 0.808. The van der Waals surface area contributed by atoms with Crippen LogP contribution >= 0.6 is 0 Å². The second-order valence-electron chi connectivity index (χ2n) is 4.10. The maximum absolute atomic E-state index is 11.6. The summed E-state index contributed by atoms with van der Waals surface area (Å²) in [6, 6.07) is 7.04. The number of amides is 1. The SMILES string of the molecule is O=C(O)CCCC(=O)Nc1cccc(-n2cnnn2)c1. The molecule has 2 N–H and O–H groups in total. The third kappa shape index (κ3) is 3.87. The maximum atomic E-state index is 11.6. The molecule has 0 saturated heterocycles. The second-order valence-corrected chi connectivity index (χ2v) is 4.10. The molecule has 1 aromatic carbocycles. The summed E-state index contributed by atoms with van der Waals surface area (Å²) in [6.07, 6.45) is 1.92. The normalized spacial score (nSPS) is 10.2. The Morgan fingerprint density at radius 1 is 1.30 bits per heavy atom. The molecule has 1 heterocycles. The van der Waals surface area contributed by atoms with Gasteiger partial charge in [0.1, 0.15) is 6.33 Å². The number of tetrazole rings is 1. The van der Waals surface area contributed by atoms with Crippen LogP contribution in [0.5, 0.6) is 0 Å². The zero-order chi connectivity index (χ0) is 14.4. The average molecular weight is 275 g/mol. The molecule has 0 aliphatic heterocycles. The van der Waals surface area contributed by atoms with Crippen LogP contribution in [0.4, 0.5) is 5.69 Å². The highest BCUT2D eigenvalue weighted by Gasteiger charge is 2.06. The van der Waals surface area contributed by atoms with Gasteiger partial charge in [0.2, 0.25) is 5.91 Å². The molecule has 2 aromatic rings. The minimum Gasteiger partial charge on any atom is -0.481 e. The van der Waals surface area contributed by atoms with Gasteiger partial charge in [-0.25, -0.2) is 4.68 Å². The summed E-state index contributed by atoms with van der Waals surface area (Å²) in [7, 11) is 0. The molecule has 0 radical (unpaired) electrons. The highest BCUT2D eigenvalue weighted by atomic mass is 16.4. The van der Waals surface area contributed by atoms with E-state index in [1.165, 1.54) is 11.0 Å². The van der Waals surface area contributed by atoms with E-state index in [-0.39, 0.29) is 18.7 Å². The Kier molecular flexibility index (Phi) is 4.38. The first-order chi connectivity index (χ1) is 9.65. The van der Waals surface area contributed by atoms with Crippen LogP contribution in [-0.4, -0.2) is 37.2 Å². The highest BCUT2D eigenvalue weighted by molar-refractivity contribution is 5.91. The predicted octanol–water partition coefficient (Wildman–Crippen LogP) is 0.856. The number of hydrogen-bond acceptors (Lipinski definition) is 5. The van der Waals surface area contributed by atoms with Gasteiger partial charge in [-0.3, -0.25) is 9.59 Å². The molecule has 0 saturated carbocycles. The first-order valence-corrected chi connectivity index (χ1v) is 6.00. The Labute approximate surface area is 114 Å². The number of carboxylic acid groups (broad SMARTS) is 1.